The number of hydrogen-bond donors (Lipinski definition) is 1. The first-order chi connectivity index (χ1) is 9.26. The first kappa shape index (κ1) is 16.9. The van der Waals surface area contributed by atoms with Gasteiger partial charge in [-0.1, -0.05) is 32.6 Å². The van der Waals surface area contributed by atoms with E-state index in [1.165, 1.54) is 44.9 Å². The van der Waals surface area contributed by atoms with Gasteiger partial charge in [-0.15, -0.1) is 0 Å². The van der Waals surface area contributed by atoms with Crippen molar-refractivity contribution in [2.45, 2.75) is 57.9 Å². The van der Waals surface area contributed by atoms with Crippen molar-refractivity contribution in [2.24, 2.45) is 5.92 Å². The van der Waals surface area contributed by atoms with Crippen LogP contribution in [0.25, 0.3) is 0 Å². The summed E-state index contributed by atoms with van der Waals surface area (Å²) in [4.78, 5) is 2.34. The Hall–Kier alpha value is -0.120. The fraction of sp³-hybridized carbons (Fsp3) is 1.00. The van der Waals surface area contributed by atoms with Crippen LogP contribution >= 0.6 is 0 Å². The van der Waals surface area contributed by atoms with E-state index in [1.807, 2.05) is 0 Å². The zero-order valence-corrected chi connectivity index (χ0v) is 13.3. The molecule has 1 saturated carbocycles. The van der Waals surface area contributed by atoms with Crippen LogP contribution in [0.15, 0.2) is 0 Å². The third kappa shape index (κ3) is 7.91. The van der Waals surface area contributed by atoms with Gasteiger partial charge < -0.3 is 15.0 Å². The summed E-state index contributed by atoms with van der Waals surface area (Å²) >= 11 is 0. The molecule has 0 aromatic heterocycles. The summed E-state index contributed by atoms with van der Waals surface area (Å²) < 4.78 is 5.10. The Kier molecular flexibility index (Phi) is 9.48. The van der Waals surface area contributed by atoms with Crippen LogP contribution in [0.1, 0.15) is 51.9 Å². The average Bonchev–Trinajstić information content (AvgIpc) is 2.63. The van der Waals surface area contributed by atoms with Gasteiger partial charge in [-0.2, -0.15) is 0 Å². The van der Waals surface area contributed by atoms with Crippen molar-refractivity contribution >= 4 is 0 Å². The second-order valence-corrected chi connectivity index (χ2v) is 6.11. The van der Waals surface area contributed by atoms with E-state index < -0.39 is 0 Å². The van der Waals surface area contributed by atoms with Crippen molar-refractivity contribution in [3.8, 4) is 0 Å². The maximum atomic E-state index is 5.10. The first-order valence-corrected chi connectivity index (χ1v) is 8.17. The highest BCUT2D eigenvalue weighted by molar-refractivity contribution is 4.75. The van der Waals surface area contributed by atoms with Crippen LogP contribution in [-0.4, -0.2) is 51.3 Å². The Labute approximate surface area is 120 Å². The van der Waals surface area contributed by atoms with Crippen molar-refractivity contribution in [1.29, 1.82) is 0 Å². The zero-order valence-electron chi connectivity index (χ0n) is 13.3. The Morgan fingerprint density at radius 1 is 1.16 bits per heavy atom. The monoisotopic (exact) mass is 270 g/mol. The maximum Gasteiger partial charge on any atom is 0.0589 e. The van der Waals surface area contributed by atoms with E-state index in [2.05, 4.69) is 24.2 Å². The van der Waals surface area contributed by atoms with E-state index in [0.29, 0.717) is 0 Å². The largest absolute Gasteiger partial charge is 0.383 e. The SMILES string of the molecule is CCCC1CCCC(NCCN(C)CCOC)CC1. The number of likely N-dealkylation sites (N-methyl/N-ethyl adjacent to an activating group) is 1. The summed E-state index contributed by atoms with van der Waals surface area (Å²) in [7, 11) is 3.94. The fourth-order valence-corrected chi connectivity index (χ4v) is 3.10. The molecule has 0 bridgehead atoms. The highest BCUT2D eigenvalue weighted by Crippen LogP contribution is 2.26. The van der Waals surface area contributed by atoms with E-state index in [0.717, 1.165) is 38.2 Å². The van der Waals surface area contributed by atoms with E-state index in [1.54, 1.807) is 7.11 Å². The number of methoxy groups -OCH3 is 1. The van der Waals surface area contributed by atoms with Crippen LogP contribution in [0.3, 0.4) is 0 Å². The molecular formula is C16H34N2O. The predicted octanol–water partition coefficient (Wildman–Crippen LogP) is 2.90. The minimum atomic E-state index is 0.762. The van der Waals surface area contributed by atoms with Crippen LogP contribution in [0.2, 0.25) is 0 Å². The molecule has 0 heterocycles. The van der Waals surface area contributed by atoms with E-state index in [-0.39, 0.29) is 0 Å². The quantitative estimate of drug-likeness (QED) is 0.652. The van der Waals surface area contributed by atoms with Crippen molar-refractivity contribution in [3.63, 3.8) is 0 Å². The van der Waals surface area contributed by atoms with Gasteiger partial charge in [0.15, 0.2) is 0 Å². The minimum Gasteiger partial charge on any atom is -0.383 e. The molecule has 1 aliphatic carbocycles. The van der Waals surface area contributed by atoms with Crippen LogP contribution in [-0.2, 0) is 4.74 Å². The van der Waals surface area contributed by atoms with Gasteiger partial charge in [0.25, 0.3) is 0 Å². The Balaban J connectivity index is 2.09. The number of nitrogens with zero attached hydrogens (tertiary/aromatic N) is 1. The molecule has 1 fully saturated rings. The zero-order chi connectivity index (χ0) is 13.9. The third-order valence-corrected chi connectivity index (χ3v) is 4.39. The van der Waals surface area contributed by atoms with Gasteiger partial charge in [0.1, 0.15) is 0 Å². The fourth-order valence-electron chi connectivity index (χ4n) is 3.10. The van der Waals surface area contributed by atoms with Gasteiger partial charge in [-0.3, -0.25) is 0 Å². The molecule has 0 aromatic rings. The predicted molar refractivity (Wildman–Crippen MR) is 82.6 cm³/mol. The van der Waals surface area contributed by atoms with Gasteiger partial charge in [0.2, 0.25) is 0 Å². The minimum absolute atomic E-state index is 0.762. The molecule has 0 aliphatic heterocycles. The molecule has 3 heteroatoms. The van der Waals surface area contributed by atoms with Crippen molar-refractivity contribution in [2.75, 3.05) is 40.4 Å². The third-order valence-electron chi connectivity index (χ3n) is 4.39. The summed E-state index contributed by atoms with van der Waals surface area (Å²) in [6, 6.07) is 0.762. The van der Waals surface area contributed by atoms with Crippen molar-refractivity contribution in [1.82, 2.24) is 10.2 Å². The molecule has 0 radical (unpaired) electrons. The number of rotatable bonds is 9. The van der Waals surface area contributed by atoms with Crippen LogP contribution in [0, 0.1) is 5.92 Å². The normalized spacial score (nSPS) is 24.6. The molecule has 1 N–H and O–H groups in total. The second kappa shape index (κ2) is 10.6. The molecule has 114 valence electrons. The standard InChI is InChI=1S/C16H34N2O/c1-4-6-15-7-5-8-16(10-9-15)17-11-12-18(2)13-14-19-3/h15-17H,4-14H2,1-3H3. The molecule has 2 atom stereocenters. The van der Waals surface area contributed by atoms with Gasteiger partial charge in [0.05, 0.1) is 6.61 Å². The summed E-state index contributed by atoms with van der Waals surface area (Å²) in [5.74, 6) is 1.00. The van der Waals surface area contributed by atoms with E-state index in [9.17, 15) is 0 Å². The molecule has 1 rings (SSSR count). The molecule has 0 spiro atoms. The van der Waals surface area contributed by atoms with Gasteiger partial charge >= 0.3 is 0 Å². The summed E-state index contributed by atoms with van der Waals surface area (Å²) in [5.41, 5.74) is 0. The Bertz CT molecular complexity index is 211. The van der Waals surface area contributed by atoms with E-state index >= 15 is 0 Å². The van der Waals surface area contributed by atoms with Crippen LogP contribution < -0.4 is 5.32 Å². The molecule has 3 nitrogen and oxygen atoms in total. The number of ether oxygens (including phenoxy) is 1. The van der Waals surface area contributed by atoms with Gasteiger partial charge in [-0.05, 0) is 32.2 Å². The topological polar surface area (TPSA) is 24.5 Å². The van der Waals surface area contributed by atoms with Crippen LogP contribution in [0.4, 0.5) is 0 Å². The van der Waals surface area contributed by atoms with Crippen molar-refractivity contribution in [3.05, 3.63) is 0 Å². The number of hydrogen-bond acceptors (Lipinski definition) is 3. The molecule has 0 aromatic carbocycles. The summed E-state index contributed by atoms with van der Waals surface area (Å²) in [5, 5.41) is 3.75. The molecule has 0 amide bonds. The lowest BCUT2D eigenvalue weighted by atomic mass is 9.95. The smallest absolute Gasteiger partial charge is 0.0589 e. The Morgan fingerprint density at radius 3 is 2.74 bits per heavy atom. The highest BCUT2D eigenvalue weighted by Gasteiger charge is 2.17. The summed E-state index contributed by atoms with van der Waals surface area (Å²) in [6.07, 6.45) is 9.86. The average molecular weight is 270 g/mol. The van der Waals surface area contributed by atoms with Crippen molar-refractivity contribution < 1.29 is 4.74 Å². The lowest BCUT2D eigenvalue weighted by molar-refractivity contribution is 0.161. The lowest BCUT2D eigenvalue weighted by Crippen LogP contribution is -2.36. The summed E-state index contributed by atoms with van der Waals surface area (Å²) in [6.45, 7) is 6.41. The van der Waals surface area contributed by atoms with Crippen LogP contribution in [0.5, 0.6) is 0 Å². The first-order valence-electron chi connectivity index (χ1n) is 8.17. The molecular weight excluding hydrogens is 236 g/mol. The lowest BCUT2D eigenvalue weighted by Gasteiger charge is -2.20. The highest BCUT2D eigenvalue weighted by atomic mass is 16.5. The van der Waals surface area contributed by atoms with E-state index in [4.69, 9.17) is 4.74 Å². The maximum absolute atomic E-state index is 5.10. The molecule has 1 aliphatic rings. The van der Waals surface area contributed by atoms with Gasteiger partial charge in [-0.25, -0.2) is 0 Å². The molecule has 0 saturated heterocycles. The number of nitrogens with one attached hydrogen (secondary N) is 1. The van der Waals surface area contributed by atoms with Gasteiger partial charge in [0, 0.05) is 32.8 Å². The molecule has 19 heavy (non-hydrogen) atoms. The second-order valence-electron chi connectivity index (χ2n) is 6.11. The Morgan fingerprint density at radius 2 is 2.00 bits per heavy atom. The molecule has 2 unspecified atom stereocenters.